The first-order valence-corrected chi connectivity index (χ1v) is 4.36. The summed E-state index contributed by atoms with van der Waals surface area (Å²) in [6.07, 6.45) is 1.35. The quantitative estimate of drug-likeness (QED) is 0.567. The van der Waals surface area contributed by atoms with E-state index in [0.29, 0.717) is 5.56 Å². The molecule has 6 nitrogen and oxygen atoms in total. The van der Waals surface area contributed by atoms with Gasteiger partial charge in [0.15, 0.2) is 5.69 Å². The summed E-state index contributed by atoms with van der Waals surface area (Å²) in [7, 11) is 2.54. The van der Waals surface area contributed by atoms with Crippen molar-refractivity contribution in [2.45, 2.75) is 6.42 Å². The number of methoxy groups -OCH3 is 2. The van der Waals surface area contributed by atoms with Gasteiger partial charge in [-0.15, -0.1) is 0 Å². The molecule has 0 aromatic carbocycles. The summed E-state index contributed by atoms with van der Waals surface area (Å²) in [4.78, 5) is 22.0. The first kappa shape index (κ1) is 11.8. The Kier molecular flexibility index (Phi) is 4.09. The largest absolute Gasteiger partial charge is 0.468 e. The Hall–Kier alpha value is -2.29. The van der Waals surface area contributed by atoms with Crippen molar-refractivity contribution in [3.05, 3.63) is 17.5 Å². The minimum atomic E-state index is -0.556. The normalized spacial score (nSPS) is 8.88. The molecular weight excluding hydrogens is 212 g/mol. The van der Waals surface area contributed by atoms with Crippen LogP contribution in [0.2, 0.25) is 0 Å². The molecule has 0 atom stereocenters. The van der Waals surface area contributed by atoms with Crippen LogP contribution in [0, 0.1) is 11.8 Å². The predicted molar refractivity (Wildman–Crippen MR) is 53.4 cm³/mol. The van der Waals surface area contributed by atoms with Crippen LogP contribution >= 0.6 is 0 Å². The number of esters is 2. The van der Waals surface area contributed by atoms with Crippen molar-refractivity contribution < 1.29 is 19.1 Å². The molecule has 1 N–H and O–H groups in total. The van der Waals surface area contributed by atoms with E-state index in [9.17, 15) is 9.59 Å². The zero-order chi connectivity index (χ0) is 12.0. The summed E-state index contributed by atoms with van der Waals surface area (Å²) < 4.78 is 8.93. The predicted octanol–water partition coefficient (Wildman–Crippen LogP) is 0.111. The van der Waals surface area contributed by atoms with Crippen LogP contribution in [0.3, 0.4) is 0 Å². The van der Waals surface area contributed by atoms with Crippen LogP contribution in [0.5, 0.6) is 0 Å². The first-order valence-electron chi connectivity index (χ1n) is 4.36. The van der Waals surface area contributed by atoms with E-state index in [-0.39, 0.29) is 12.1 Å². The Balaban J connectivity index is 2.77. The lowest BCUT2D eigenvalue weighted by Crippen LogP contribution is -2.03. The Labute approximate surface area is 91.9 Å². The summed E-state index contributed by atoms with van der Waals surface area (Å²) in [6, 6.07) is 0. The minimum absolute atomic E-state index is 0.0394. The molecule has 0 spiro atoms. The zero-order valence-corrected chi connectivity index (χ0v) is 8.86. The molecule has 0 saturated carbocycles. The van der Waals surface area contributed by atoms with E-state index < -0.39 is 11.9 Å². The van der Waals surface area contributed by atoms with E-state index in [1.807, 2.05) is 0 Å². The summed E-state index contributed by atoms with van der Waals surface area (Å²) in [5, 5.41) is 6.13. The van der Waals surface area contributed by atoms with Gasteiger partial charge < -0.3 is 9.47 Å². The van der Waals surface area contributed by atoms with Gasteiger partial charge in [0.05, 0.1) is 26.0 Å². The number of hydrogen-bond donors (Lipinski definition) is 1. The molecule has 1 heterocycles. The fourth-order valence-electron chi connectivity index (χ4n) is 0.922. The summed E-state index contributed by atoms with van der Waals surface area (Å²) in [5.74, 6) is 4.20. The van der Waals surface area contributed by atoms with Crippen molar-refractivity contribution in [1.82, 2.24) is 10.2 Å². The van der Waals surface area contributed by atoms with Crippen LogP contribution in [0.1, 0.15) is 22.5 Å². The number of aromatic amines is 1. The van der Waals surface area contributed by atoms with Crippen LogP contribution in [-0.2, 0) is 14.3 Å². The van der Waals surface area contributed by atoms with Crippen molar-refractivity contribution >= 4 is 11.9 Å². The number of nitrogens with one attached hydrogen (secondary N) is 1. The molecule has 0 unspecified atom stereocenters. The zero-order valence-electron chi connectivity index (χ0n) is 8.86. The van der Waals surface area contributed by atoms with Crippen LogP contribution in [0.15, 0.2) is 6.20 Å². The van der Waals surface area contributed by atoms with Gasteiger partial charge in [-0.1, -0.05) is 11.8 Å². The SMILES string of the molecule is COC(=O)CC#Cc1cn[nH]c1C(=O)OC. The van der Waals surface area contributed by atoms with Gasteiger partial charge in [-0.3, -0.25) is 9.89 Å². The van der Waals surface area contributed by atoms with Gasteiger partial charge in [-0.2, -0.15) is 5.10 Å². The highest BCUT2D eigenvalue weighted by Gasteiger charge is 2.12. The third kappa shape index (κ3) is 2.85. The smallest absolute Gasteiger partial charge is 0.357 e. The number of aromatic nitrogens is 2. The highest BCUT2D eigenvalue weighted by Crippen LogP contribution is 2.03. The molecule has 0 bridgehead atoms. The highest BCUT2D eigenvalue weighted by molar-refractivity contribution is 5.90. The number of carbonyl (C=O) groups excluding carboxylic acids is 2. The second-order valence-electron chi connectivity index (χ2n) is 2.70. The second kappa shape index (κ2) is 5.56. The second-order valence-corrected chi connectivity index (χ2v) is 2.70. The molecule has 0 aliphatic carbocycles. The van der Waals surface area contributed by atoms with Crippen molar-refractivity contribution in [2.75, 3.05) is 14.2 Å². The average Bonchev–Trinajstić information content (AvgIpc) is 2.76. The Bertz CT molecular complexity index is 453. The van der Waals surface area contributed by atoms with E-state index in [1.165, 1.54) is 20.4 Å². The van der Waals surface area contributed by atoms with Gasteiger partial charge >= 0.3 is 11.9 Å². The van der Waals surface area contributed by atoms with Gasteiger partial charge in [0.25, 0.3) is 0 Å². The van der Waals surface area contributed by atoms with Crippen LogP contribution < -0.4 is 0 Å². The van der Waals surface area contributed by atoms with Crippen LogP contribution in [-0.4, -0.2) is 36.4 Å². The number of rotatable bonds is 2. The maximum Gasteiger partial charge on any atom is 0.357 e. The molecule has 0 radical (unpaired) electrons. The molecule has 0 saturated heterocycles. The minimum Gasteiger partial charge on any atom is -0.468 e. The first-order chi connectivity index (χ1) is 7.69. The fourth-order valence-corrected chi connectivity index (χ4v) is 0.922. The third-order valence-corrected chi connectivity index (χ3v) is 1.71. The molecule has 16 heavy (non-hydrogen) atoms. The van der Waals surface area contributed by atoms with Gasteiger partial charge in [0.1, 0.15) is 6.42 Å². The lowest BCUT2D eigenvalue weighted by molar-refractivity contribution is -0.139. The van der Waals surface area contributed by atoms with E-state index in [2.05, 4.69) is 31.5 Å². The van der Waals surface area contributed by atoms with Crippen molar-refractivity contribution in [1.29, 1.82) is 0 Å². The summed E-state index contributed by atoms with van der Waals surface area (Å²) in [5.41, 5.74) is 0.551. The van der Waals surface area contributed by atoms with E-state index in [1.54, 1.807) is 0 Å². The van der Waals surface area contributed by atoms with Crippen LogP contribution in [0.25, 0.3) is 0 Å². The van der Waals surface area contributed by atoms with Gasteiger partial charge in [0.2, 0.25) is 0 Å². The number of ether oxygens (including phenoxy) is 2. The monoisotopic (exact) mass is 222 g/mol. The van der Waals surface area contributed by atoms with Gasteiger partial charge in [-0.05, 0) is 0 Å². The van der Waals surface area contributed by atoms with E-state index in [4.69, 9.17) is 0 Å². The highest BCUT2D eigenvalue weighted by atomic mass is 16.5. The standard InChI is InChI=1S/C10H10N2O4/c1-15-8(13)5-3-4-7-6-11-12-9(7)10(14)16-2/h6H,5H2,1-2H3,(H,11,12). The van der Waals surface area contributed by atoms with Crippen molar-refractivity contribution in [2.24, 2.45) is 0 Å². The van der Waals surface area contributed by atoms with Gasteiger partial charge in [0, 0.05) is 0 Å². The molecule has 0 fully saturated rings. The molecule has 0 aliphatic heterocycles. The number of nitrogens with zero attached hydrogens (tertiary/aromatic N) is 1. The molecule has 1 aromatic heterocycles. The van der Waals surface area contributed by atoms with Crippen molar-refractivity contribution in [3.8, 4) is 11.8 Å². The molecule has 6 heteroatoms. The third-order valence-electron chi connectivity index (χ3n) is 1.71. The molecule has 1 aromatic rings. The fraction of sp³-hybridized carbons (Fsp3) is 0.300. The summed E-state index contributed by atoms with van der Waals surface area (Å²) in [6.45, 7) is 0. The van der Waals surface area contributed by atoms with Crippen molar-refractivity contribution in [3.63, 3.8) is 0 Å². The Morgan fingerprint density at radius 3 is 2.81 bits per heavy atom. The topological polar surface area (TPSA) is 81.3 Å². The lowest BCUT2D eigenvalue weighted by Gasteiger charge is -1.94. The maximum absolute atomic E-state index is 11.2. The molecule has 0 aliphatic rings. The van der Waals surface area contributed by atoms with E-state index in [0.717, 1.165) is 0 Å². The van der Waals surface area contributed by atoms with Crippen LogP contribution in [0.4, 0.5) is 0 Å². The van der Waals surface area contributed by atoms with Gasteiger partial charge in [-0.25, -0.2) is 4.79 Å². The molecule has 84 valence electrons. The number of H-pyrrole nitrogens is 1. The lowest BCUT2D eigenvalue weighted by atomic mass is 10.2. The molecule has 0 amide bonds. The van der Waals surface area contributed by atoms with E-state index >= 15 is 0 Å². The Morgan fingerprint density at radius 2 is 2.19 bits per heavy atom. The molecule has 1 rings (SSSR count). The number of hydrogen-bond acceptors (Lipinski definition) is 5. The molecular formula is C10H10N2O4. The Morgan fingerprint density at radius 1 is 1.44 bits per heavy atom. The summed E-state index contributed by atoms with van der Waals surface area (Å²) >= 11 is 0. The number of carbonyl (C=O) groups is 2. The average molecular weight is 222 g/mol. The maximum atomic E-state index is 11.2.